The van der Waals surface area contributed by atoms with Gasteiger partial charge in [-0.2, -0.15) is 5.26 Å². The highest BCUT2D eigenvalue weighted by atomic mass is 19.1. The van der Waals surface area contributed by atoms with Gasteiger partial charge in [0, 0.05) is 19.2 Å². The first-order chi connectivity index (χ1) is 15.9. The average Bonchev–Trinajstić information content (AvgIpc) is 2.84. The van der Waals surface area contributed by atoms with E-state index in [1.54, 1.807) is 13.1 Å². The number of fused-ring (bicyclic) bond motifs is 1. The zero-order valence-corrected chi connectivity index (χ0v) is 18.6. The van der Waals surface area contributed by atoms with Gasteiger partial charge in [0.05, 0.1) is 26.3 Å². The van der Waals surface area contributed by atoms with Gasteiger partial charge in [-0.05, 0) is 34.5 Å². The van der Waals surface area contributed by atoms with Gasteiger partial charge in [-0.1, -0.05) is 36.4 Å². The van der Waals surface area contributed by atoms with Crippen molar-refractivity contribution in [3.8, 4) is 11.8 Å². The van der Waals surface area contributed by atoms with Gasteiger partial charge < -0.3 is 14.4 Å². The van der Waals surface area contributed by atoms with E-state index in [0.717, 1.165) is 10.8 Å². The maximum absolute atomic E-state index is 13.4. The van der Waals surface area contributed by atoms with E-state index < -0.39 is 17.8 Å². The molecule has 0 bridgehead atoms. The Morgan fingerprint density at radius 2 is 1.85 bits per heavy atom. The predicted octanol–water partition coefficient (Wildman–Crippen LogP) is 3.32. The number of likely N-dealkylation sites (N-methyl/N-ethyl adjacent to an activating group) is 1. The maximum atomic E-state index is 13.4. The summed E-state index contributed by atoms with van der Waals surface area (Å²) in [5.41, 5.74) is 1.56. The van der Waals surface area contributed by atoms with Gasteiger partial charge in [-0.25, -0.2) is 4.39 Å². The molecule has 170 valence electrons. The van der Waals surface area contributed by atoms with Crippen LogP contribution in [-0.4, -0.2) is 44.6 Å². The molecule has 0 spiro atoms. The van der Waals surface area contributed by atoms with E-state index in [4.69, 9.17) is 4.74 Å². The number of halogens is 1. The van der Waals surface area contributed by atoms with Crippen LogP contribution in [0.4, 0.5) is 4.39 Å². The van der Waals surface area contributed by atoms with Crippen LogP contribution in [0.3, 0.4) is 0 Å². The van der Waals surface area contributed by atoms with Crippen LogP contribution in [0.1, 0.15) is 22.7 Å². The molecule has 0 aliphatic rings. The van der Waals surface area contributed by atoms with Gasteiger partial charge in [0.25, 0.3) is 0 Å². The molecule has 3 rings (SSSR count). The first-order valence-corrected chi connectivity index (χ1v) is 10.2. The normalized spacial score (nSPS) is 11.5. The van der Waals surface area contributed by atoms with Crippen molar-refractivity contribution in [2.75, 3.05) is 27.8 Å². The lowest BCUT2D eigenvalue weighted by Gasteiger charge is -2.26. The molecule has 0 fully saturated rings. The number of nitrogens with one attached hydrogen (secondary N) is 1. The second-order valence-corrected chi connectivity index (χ2v) is 7.40. The van der Waals surface area contributed by atoms with Gasteiger partial charge in [0.1, 0.15) is 23.7 Å². The van der Waals surface area contributed by atoms with Gasteiger partial charge >= 0.3 is 5.97 Å². The van der Waals surface area contributed by atoms with Crippen LogP contribution in [0, 0.1) is 17.1 Å². The van der Waals surface area contributed by atoms with Crippen molar-refractivity contribution in [1.29, 1.82) is 5.26 Å². The summed E-state index contributed by atoms with van der Waals surface area (Å²) in [6.45, 7) is -0.0517. The van der Waals surface area contributed by atoms with Crippen LogP contribution in [0.2, 0.25) is 0 Å². The van der Waals surface area contributed by atoms with Crippen LogP contribution in [0.5, 0.6) is 5.75 Å². The van der Waals surface area contributed by atoms with Gasteiger partial charge in [0.15, 0.2) is 0 Å². The highest BCUT2D eigenvalue weighted by Crippen LogP contribution is 2.33. The lowest BCUT2D eigenvalue weighted by Crippen LogP contribution is -2.40. The summed E-state index contributed by atoms with van der Waals surface area (Å²) in [7, 11) is 4.35. The average molecular weight is 449 g/mol. The molecule has 7 nitrogen and oxygen atoms in total. The fourth-order valence-corrected chi connectivity index (χ4v) is 3.67. The second kappa shape index (κ2) is 10.6. The van der Waals surface area contributed by atoms with Crippen LogP contribution in [-0.2, 0) is 20.9 Å². The third-order valence-corrected chi connectivity index (χ3v) is 5.33. The van der Waals surface area contributed by atoms with Gasteiger partial charge in [-0.15, -0.1) is 0 Å². The summed E-state index contributed by atoms with van der Waals surface area (Å²) in [5.74, 6) is -0.918. The van der Waals surface area contributed by atoms with Crippen molar-refractivity contribution in [2.45, 2.75) is 12.6 Å². The fraction of sp³-hybridized carbons (Fsp3) is 0.240. The number of carbonyl (C=O) groups excluding carboxylic acids is 2. The van der Waals surface area contributed by atoms with E-state index in [1.807, 2.05) is 24.3 Å². The number of carbonyl (C=O) groups is 2. The number of methoxy groups -OCH3 is 2. The lowest BCUT2D eigenvalue weighted by molar-refractivity contribution is -0.140. The number of benzene rings is 3. The number of rotatable bonds is 8. The van der Waals surface area contributed by atoms with E-state index in [2.05, 4.69) is 16.1 Å². The van der Waals surface area contributed by atoms with Gasteiger partial charge in [-0.3, -0.25) is 14.9 Å². The Morgan fingerprint density at radius 3 is 2.48 bits per heavy atom. The van der Waals surface area contributed by atoms with Crippen LogP contribution < -0.4 is 10.1 Å². The second-order valence-electron chi connectivity index (χ2n) is 7.40. The third kappa shape index (κ3) is 5.27. The van der Waals surface area contributed by atoms with E-state index in [-0.39, 0.29) is 19.0 Å². The summed E-state index contributed by atoms with van der Waals surface area (Å²) in [6.07, 6.45) is 0. The predicted molar refractivity (Wildman–Crippen MR) is 121 cm³/mol. The topological polar surface area (TPSA) is 91.7 Å². The molecule has 3 aromatic carbocycles. The Balaban J connectivity index is 1.97. The first-order valence-electron chi connectivity index (χ1n) is 10.2. The summed E-state index contributed by atoms with van der Waals surface area (Å²) in [6, 6.07) is 16.0. The molecule has 3 aromatic rings. The lowest BCUT2D eigenvalue weighted by atomic mass is 9.98. The number of ether oxygens (including phenoxy) is 2. The maximum Gasteiger partial charge on any atom is 0.319 e. The molecule has 1 N–H and O–H groups in total. The minimum absolute atomic E-state index is 0.148. The number of esters is 1. The van der Waals surface area contributed by atoms with Crippen molar-refractivity contribution in [2.24, 2.45) is 0 Å². The van der Waals surface area contributed by atoms with Crippen LogP contribution >= 0.6 is 0 Å². The molecule has 0 saturated carbocycles. The minimum atomic E-state index is -0.911. The molecule has 33 heavy (non-hydrogen) atoms. The fourth-order valence-electron chi connectivity index (χ4n) is 3.67. The van der Waals surface area contributed by atoms with E-state index >= 15 is 0 Å². The Morgan fingerprint density at radius 1 is 1.15 bits per heavy atom. The van der Waals surface area contributed by atoms with Crippen molar-refractivity contribution >= 4 is 22.6 Å². The Bertz CT molecular complexity index is 1200. The minimum Gasteiger partial charge on any atom is -0.495 e. The number of nitrogens with zero attached hydrogens (tertiary/aromatic N) is 2. The van der Waals surface area contributed by atoms with Crippen molar-refractivity contribution in [3.63, 3.8) is 0 Å². The zero-order chi connectivity index (χ0) is 24.0. The SMILES string of the molecule is COC(=O)CNC(C(=O)N(C)Cc1c(OC)c(C#N)cc2ccccc12)c1ccc(F)cc1. The zero-order valence-electron chi connectivity index (χ0n) is 18.6. The Kier molecular flexibility index (Phi) is 7.59. The van der Waals surface area contributed by atoms with Crippen molar-refractivity contribution < 1.29 is 23.5 Å². The molecule has 0 radical (unpaired) electrons. The highest BCUT2D eigenvalue weighted by molar-refractivity contribution is 5.91. The molecule has 0 saturated heterocycles. The monoisotopic (exact) mass is 449 g/mol. The van der Waals surface area contributed by atoms with Gasteiger partial charge in [0.2, 0.25) is 5.91 Å². The van der Waals surface area contributed by atoms with E-state index in [1.165, 1.54) is 43.4 Å². The largest absolute Gasteiger partial charge is 0.495 e. The number of hydrogen-bond acceptors (Lipinski definition) is 6. The van der Waals surface area contributed by atoms with E-state index in [0.29, 0.717) is 22.4 Å². The van der Waals surface area contributed by atoms with Crippen molar-refractivity contribution in [1.82, 2.24) is 10.2 Å². The molecule has 1 unspecified atom stereocenters. The molecular weight excluding hydrogens is 425 g/mol. The molecular formula is C25H24FN3O4. The number of nitriles is 1. The molecule has 1 amide bonds. The number of amides is 1. The highest BCUT2D eigenvalue weighted by Gasteiger charge is 2.26. The molecule has 8 heteroatoms. The standard InChI is InChI=1S/C25H24FN3O4/c1-29(15-21-20-7-5-4-6-17(20)12-18(13-27)24(21)33-3)25(31)23(28-14-22(30)32-2)16-8-10-19(26)11-9-16/h4-12,23,28H,14-15H2,1-3H3. The molecule has 0 aliphatic heterocycles. The molecule has 0 heterocycles. The van der Waals surface area contributed by atoms with Crippen LogP contribution in [0.25, 0.3) is 10.8 Å². The Labute approximate surface area is 191 Å². The van der Waals surface area contributed by atoms with Crippen LogP contribution in [0.15, 0.2) is 54.6 Å². The quantitative estimate of drug-likeness (QED) is 0.531. The summed E-state index contributed by atoms with van der Waals surface area (Å²) >= 11 is 0. The molecule has 0 aliphatic carbocycles. The number of hydrogen-bond donors (Lipinski definition) is 1. The van der Waals surface area contributed by atoms with Crippen molar-refractivity contribution in [3.05, 3.63) is 77.1 Å². The summed E-state index contributed by atoms with van der Waals surface area (Å²) < 4.78 is 23.6. The summed E-state index contributed by atoms with van der Waals surface area (Å²) in [5, 5.41) is 14.2. The molecule has 0 aromatic heterocycles. The van der Waals surface area contributed by atoms with E-state index in [9.17, 15) is 19.2 Å². The first kappa shape index (κ1) is 23.7. The third-order valence-electron chi connectivity index (χ3n) is 5.33. The molecule has 1 atom stereocenters. The smallest absolute Gasteiger partial charge is 0.319 e. The summed E-state index contributed by atoms with van der Waals surface area (Å²) in [4.78, 5) is 26.6. The Hall–Kier alpha value is -3.96.